The van der Waals surface area contributed by atoms with Crippen LogP contribution in [0.25, 0.3) is 0 Å². The SMILES string of the molecule is O=BCNCC(=O)Cl. The van der Waals surface area contributed by atoms with Crippen molar-refractivity contribution in [3.05, 3.63) is 0 Å². The first-order valence-corrected chi connectivity index (χ1v) is 2.48. The van der Waals surface area contributed by atoms with Crippen LogP contribution in [0.15, 0.2) is 0 Å². The molecule has 0 aromatic carbocycles. The fourth-order valence-corrected chi connectivity index (χ4v) is 0.324. The van der Waals surface area contributed by atoms with Crippen molar-refractivity contribution in [1.82, 2.24) is 5.32 Å². The van der Waals surface area contributed by atoms with Gasteiger partial charge in [-0.1, -0.05) is 0 Å². The van der Waals surface area contributed by atoms with Crippen LogP contribution in [0.4, 0.5) is 0 Å². The van der Waals surface area contributed by atoms with Gasteiger partial charge in [0, 0.05) is 0 Å². The van der Waals surface area contributed by atoms with E-state index in [0.717, 1.165) is 0 Å². The van der Waals surface area contributed by atoms with Crippen LogP contribution in [-0.2, 0) is 9.50 Å². The van der Waals surface area contributed by atoms with Crippen LogP contribution in [0.5, 0.6) is 0 Å². The van der Waals surface area contributed by atoms with Gasteiger partial charge in [0.1, 0.15) is 0 Å². The summed E-state index contributed by atoms with van der Waals surface area (Å²) in [5.74, 6) is 0. The van der Waals surface area contributed by atoms with Crippen molar-refractivity contribution in [3.8, 4) is 0 Å². The van der Waals surface area contributed by atoms with Crippen molar-refractivity contribution in [1.29, 1.82) is 0 Å². The molecule has 0 saturated heterocycles. The fourth-order valence-electron chi connectivity index (χ4n) is 0.229. The minimum atomic E-state index is -0.480. The first kappa shape index (κ1) is 7.78. The van der Waals surface area contributed by atoms with E-state index in [9.17, 15) is 9.50 Å². The summed E-state index contributed by atoms with van der Waals surface area (Å²) in [5.41, 5.74) is 0. The third-order valence-electron chi connectivity index (χ3n) is 0.492. The topological polar surface area (TPSA) is 46.2 Å². The van der Waals surface area contributed by atoms with E-state index in [-0.39, 0.29) is 13.0 Å². The van der Waals surface area contributed by atoms with Gasteiger partial charge in [0.05, 0.1) is 0 Å². The molecule has 8 heavy (non-hydrogen) atoms. The molecule has 0 unspecified atom stereocenters. The van der Waals surface area contributed by atoms with Gasteiger partial charge in [-0.05, 0) is 0 Å². The van der Waals surface area contributed by atoms with Gasteiger partial charge in [-0.3, -0.25) is 0 Å². The maximum absolute atomic E-state index is 9.91. The molecule has 0 bridgehead atoms. The van der Waals surface area contributed by atoms with Gasteiger partial charge in [-0.25, -0.2) is 0 Å². The molecule has 0 aromatic heterocycles. The molecule has 0 heterocycles. The Balaban J connectivity index is 2.93. The molecule has 5 heteroatoms. The molecule has 0 atom stereocenters. The van der Waals surface area contributed by atoms with E-state index in [1.54, 1.807) is 0 Å². The van der Waals surface area contributed by atoms with Gasteiger partial charge < -0.3 is 0 Å². The summed E-state index contributed by atoms with van der Waals surface area (Å²) >= 11 is 4.90. The maximum atomic E-state index is 9.91. The van der Waals surface area contributed by atoms with Gasteiger partial charge in [-0.2, -0.15) is 0 Å². The van der Waals surface area contributed by atoms with Crippen LogP contribution < -0.4 is 5.32 Å². The van der Waals surface area contributed by atoms with Crippen molar-refractivity contribution in [3.63, 3.8) is 0 Å². The van der Waals surface area contributed by atoms with Gasteiger partial charge in [0.2, 0.25) is 0 Å². The van der Waals surface area contributed by atoms with Crippen molar-refractivity contribution >= 4 is 24.0 Å². The quantitative estimate of drug-likeness (QED) is 0.315. The predicted molar refractivity (Wildman–Crippen MR) is 30.2 cm³/mol. The molecule has 0 fully saturated rings. The summed E-state index contributed by atoms with van der Waals surface area (Å²) < 4.78 is 9.57. The first-order valence-electron chi connectivity index (χ1n) is 2.10. The second kappa shape index (κ2) is 4.93. The molecular formula is C3H5BClNO2. The zero-order chi connectivity index (χ0) is 6.41. The normalized spacial score (nSPS) is 8.12. The zero-order valence-corrected chi connectivity index (χ0v) is 4.94. The average molecular weight is 133 g/mol. The molecule has 0 amide bonds. The second-order valence-electron chi connectivity index (χ2n) is 1.15. The molecule has 0 aliphatic heterocycles. The molecule has 44 valence electrons. The Bertz CT molecular complexity index is 97.3. The number of hydrogen-bond donors (Lipinski definition) is 1. The van der Waals surface area contributed by atoms with E-state index < -0.39 is 5.24 Å². The summed E-state index contributed by atoms with van der Waals surface area (Å²) in [7, 11) is 0.666. The van der Waals surface area contributed by atoms with E-state index in [4.69, 9.17) is 11.6 Å². The molecule has 0 aliphatic rings. The van der Waals surface area contributed by atoms with Crippen molar-refractivity contribution in [2.45, 2.75) is 0 Å². The monoisotopic (exact) mass is 133 g/mol. The van der Waals surface area contributed by atoms with Gasteiger partial charge >= 0.3 is 51.8 Å². The van der Waals surface area contributed by atoms with Crippen LogP contribution in [0.3, 0.4) is 0 Å². The van der Waals surface area contributed by atoms with Crippen LogP contribution in [0.2, 0.25) is 0 Å². The molecule has 3 nitrogen and oxygen atoms in total. The van der Waals surface area contributed by atoms with Crippen LogP contribution in [-0.4, -0.2) is 25.4 Å². The van der Waals surface area contributed by atoms with Crippen molar-refractivity contribution in [2.75, 3.05) is 13.0 Å². The Morgan fingerprint density at radius 1 is 1.75 bits per heavy atom. The molecule has 0 saturated carbocycles. The van der Waals surface area contributed by atoms with Crippen LogP contribution in [0, 0.1) is 0 Å². The van der Waals surface area contributed by atoms with Crippen LogP contribution >= 0.6 is 11.6 Å². The summed E-state index contributed by atoms with van der Waals surface area (Å²) in [4.78, 5) is 9.91. The molecule has 0 spiro atoms. The third kappa shape index (κ3) is 5.78. The van der Waals surface area contributed by atoms with E-state index in [1.165, 1.54) is 0 Å². The zero-order valence-electron chi connectivity index (χ0n) is 4.19. The summed E-state index contributed by atoms with van der Waals surface area (Å²) in [6.07, 6.45) is 0.179. The average Bonchev–Trinajstić information content (AvgIpc) is 1.66. The molecular weight excluding hydrogens is 128 g/mol. The number of nitrogens with one attached hydrogen (secondary N) is 1. The van der Waals surface area contributed by atoms with Crippen molar-refractivity contribution in [2.24, 2.45) is 0 Å². The number of carbonyl (C=O) groups excluding carboxylic acids is 1. The Labute approximate surface area is 52.6 Å². The standard InChI is InChI=1S/C3H5BClNO2/c5-3(7)1-6-2-4-8/h6H,1-2H2. The van der Waals surface area contributed by atoms with E-state index in [0.29, 0.717) is 7.15 Å². The van der Waals surface area contributed by atoms with E-state index in [1.807, 2.05) is 0 Å². The van der Waals surface area contributed by atoms with Gasteiger partial charge in [-0.15, -0.1) is 0 Å². The Hall–Kier alpha value is -0.215. The number of carbonyl (C=O) groups is 1. The first-order chi connectivity index (χ1) is 3.77. The summed E-state index contributed by atoms with van der Waals surface area (Å²) in [5, 5.41) is 2.01. The molecule has 1 N–H and O–H groups in total. The Morgan fingerprint density at radius 3 is 2.75 bits per heavy atom. The van der Waals surface area contributed by atoms with Gasteiger partial charge in [0.15, 0.2) is 0 Å². The fraction of sp³-hybridized carbons (Fsp3) is 0.667. The van der Waals surface area contributed by atoms with E-state index in [2.05, 4.69) is 5.32 Å². The second-order valence-corrected chi connectivity index (χ2v) is 1.57. The molecule has 0 radical (unpaired) electrons. The number of rotatable bonds is 4. The number of halogens is 1. The van der Waals surface area contributed by atoms with Crippen molar-refractivity contribution < 1.29 is 9.50 Å². The minimum absolute atomic E-state index is 0.0558. The molecule has 0 rings (SSSR count). The summed E-state index contributed by atoms with van der Waals surface area (Å²) in [6, 6.07) is 0. The Morgan fingerprint density at radius 2 is 2.38 bits per heavy atom. The van der Waals surface area contributed by atoms with Gasteiger partial charge in [0.25, 0.3) is 0 Å². The molecule has 0 aliphatic carbocycles. The summed E-state index contributed by atoms with van der Waals surface area (Å²) in [6.45, 7) is 0.0558. The molecule has 0 aromatic rings. The van der Waals surface area contributed by atoms with E-state index >= 15 is 0 Å². The third-order valence-corrected chi connectivity index (χ3v) is 0.625. The van der Waals surface area contributed by atoms with Crippen LogP contribution in [0.1, 0.15) is 0 Å². The predicted octanol–water partition coefficient (Wildman–Crippen LogP) is -0.651. The number of hydrogen-bond acceptors (Lipinski definition) is 3. The Kier molecular flexibility index (Phi) is 4.80.